The number of hydrogen-bond donors (Lipinski definition) is 0. The Labute approximate surface area is 109 Å². The Balaban J connectivity index is 1.87. The second kappa shape index (κ2) is 4.64. The van der Waals surface area contributed by atoms with Crippen LogP contribution in [-0.2, 0) is 0 Å². The number of fused-ring (bicyclic) bond motifs is 1. The van der Waals surface area contributed by atoms with E-state index in [9.17, 15) is 0 Å². The number of halogens is 1. The molecule has 0 amide bonds. The number of hydrogen-bond acceptors (Lipinski definition) is 3. The molecule has 1 aliphatic heterocycles. The summed E-state index contributed by atoms with van der Waals surface area (Å²) in [4.78, 5) is 6.89. The van der Waals surface area contributed by atoms with Crippen LogP contribution in [-0.4, -0.2) is 33.0 Å². The Bertz CT molecular complexity index is 510. The van der Waals surface area contributed by atoms with Gasteiger partial charge in [-0.1, -0.05) is 15.9 Å². The maximum atomic E-state index is 4.51. The van der Waals surface area contributed by atoms with Crippen LogP contribution >= 0.6 is 15.9 Å². The lowest BCUT2D eigenvalue weighted by Crippen LogP contribution is -2.21. The first-order valence-corrected chi connectivity index (χ1v) is 7.10. The molecule has 0 saturated carbocycles. The highest BCUT2D eigenvalue weighted by Crippen LogP contribution is 2.27. The monoisotopic (exact) mass is 294 g/mol. The third kappa shape index (κ3) is 2.04. The molecule has 0 N–H and O–H groups in total. The number of anilines is 1. The van der Waals surface area contributed by atoms with Crippen LogP contribution in [0.4, 0.5) is 5.82 Å². The summed E-state index contributed by atoms with van der Waals surface area (Å²) in [5.74, 6) is 1.86. The van der Waals surface area contributed by atoms with E-state index in [1.807, 2.05) is 29.2 Å². The van der Waals surface area contributed by atoms with Crippen molar-refractivity contribution in [2.24, 2.45) is 5.92 Å². The Kier molecular flexibility index (Phi) is 3.01. The molecule has 2 aromatic rings. The van der Waals surface area contributed by atoms with Crippen LogP contribution in [0.25, 0.3) is 5.52 Å². The van der Waals surface area contributed by atoms with E-state index in [0.717, 1.165) is 35.7 Å². The molecule has 0 bridgehead atoms. The molecule has 1 aliphatic rings. The van der Waals surface area contributed by atoms with Crippen molar-refractivity contribution in [3.63, 3.8) is 0 Å². The molecule has 1 saturated heterocycles. The minimum absolute atomic E-state index is 0.791. The summed E-state index contributed by atoms with van der Waals surface area (Å²) in [7, 11) is 0. The molecule has 1 fully saturated rings. The van der Waals surface area contributed by atoms with Crippen LogP contribution in [0.5, 0.6) is 0 Å². The van der Waals surface area contributed by atoms with Crippen LogP contribution in [0.2, 0.25) is 0 Å². The summed E-state index contributed by atoms with van der Waals surface area (Å²) < 4.78 is 1.89. The van der Waals surface area contributed by atoms with E-state index in [0.29, 0.717) is 0 Å². The van der Waals surface area contributed by atoms with Crippen molar-refractivity contribution in [3.8, 4) is 0 Å². The zero-order chi connectivity index (χ0) is 11.7. The van der Waals surface area contributed by atoms with Gasteiger partial charge in [0.2, 0.25) is 0 Å². The molecule has 3 rings (SSSR count). The molecular weight excluding hydrogens is 280 g/mol. The molecule has 17 heavy (non-hydrogen) atoms. The molecule has 5 heteroatoms. The van der Waals surface area contributed by atoms with Crippen LogP contribution in [0.1, 0.15) is 12.8 Å². The first-order chi connectivity index (χ1) is 8.38. The zero-order valence-electron chi connectivity index (χ0n) is 9.59. The molecular formula is C12H15BrN4. The Morgan fingerprint density at radius 2 is 2.35 bits per heavy atom. The summed E-state index contributed by atoms with van der Waals surface area (Å²) in [6.07, 6.45) is 8.06. The van der Waals surface area contributed by atoms with E-state index in [-0.39, 0.29) is 0 Å². The van der Waals surface area contributed by atoms with Crippen molar-refractivity contribution in [1.29, 1.82) is 0 Å². The zero-order valence-corrected chi connectivity index (χ0v) is 11.2. The molecule has 1 atom stereocenters. The van der Waals surface area contributed by atoms with Gasteiger partial charge in [-0.3, -0.25) is 0 Å². The quantitative estimate of drug-likeness (QED) is 0.815. The average Bonchev–Trinajstić information content (AvgIpc) is 2.96. The molecule has 3 heterocycles. The third-order valence-corrected chi connectivity index (χ3v) is 3.86. The van der Waals surface area contributed by atoms with Gasteiger partial charge in [-0.25, -0.2) is 9.50 Å². The van der Waals surface area contributed by atoms with E-state index in [1.165, 1.54) is 12.8 Å². The molecule has 0 radical (unpaired) electrons. The predicted octanol–water partition coefficient (Wildman–Crippen LogP) is 2.34. The molecule has 0 spiro atoms. The van der Waals surface area contributed by atoms with Crippen molar-refractivity contribution >= 4 is 27.3 Å². The topological polar surface area (TPSA) is 33.4 Å². The lowest BCUT2D eigenvalue weighted by molar-refractivity contribution is 0.575. The predicted molar refractivity (Wildman–Crippen MR) is 71.7 cm³/mol. The lowest BCUT2D eigenvalue weighted by atomic mass is 10.1. The fourth-order valence-corrected chi connectivity index (χ4v) is 3.15. The van der Waals surface area contributed by atoms with E-state index < -0.39 is 0 Å². The number of nitrogens with zero attached hydrogens (tertiary/aromatic N) is 4. The summed E-state index contributed by atoms with van der Waals surface area (Å²) in [5.41, 5.74) is 1.10. The Hall–Kier alpha value is -1.10. The molecule has 4 nitrogen and oxygen atoms in total. The second-order valence-electron chi connectivity index (χ2n) is 4.49. The summed E-state index contributed by atoms with van der Waals surface area (Å²) in [5, 5.41) is 5.34. The normalized spacial score (nSPS) is 20.3. The van der Waals surface area contributed by atoms with Crippen LogP contribution in [0, 0.1) is 5.92 Å². The van der Waals surface area contributed by atoms with Gasteiger partial charge in [-0.2, -0.15) is 5.10 Å². The summed E-state index contributed by atoms with van der Waals surface area (Å²) in [6.45, 7) is 2.22. The van der Waals surface area contributed by atoms with Gasteiger partial charge < -0.3 is 4.90 Å². The maximum absolute atomic E-state index is 4.51. The highest BCUT2D eigenvalue weighted by molar-refractivity contribution is 9.09. The second-order valence-corrected chi connectivity index (χ2v) is 5.28. The number of aromatic nitrogens is 3. The van der Waals surface area contributed by atoms with Gasteiger partial charge in [0.05, 0.1) is 6.20 Å². The standard InChI is InChI=1S/C12H15BrN4/c13-4-1-10-3-7-16(9-10)12-11-2-5-15-17(11)8-6-14-12/h2,5-6,8,10H,1,3-4,7,9H2. The summed E-state index contributed by atoms with van der Waals surface area (Å²) >= 11 is 3.52. The Morgan fingerprint density at radius 3 is 3.24 bits per heavy atom. The lowest BCUT2D eigenvalue weighted by Gasteiger charge is -2.18. The minimum atomic E-state index is 0.791. The SMILES string of the molecule is BrCCC1CCN(c2nccn3nccc23)C1. The molecule has 1 unspecified atom stereocenters. The van der Waals surface area contributed by atoms with E-state index in [1.54, 1.807) is 0 Å². The molecule has 2 aromatic heterocycles. The molecule has 90 valence electrons. The van der Waals surface area contributed by atoms with Crippen molar-refractivity contribution in [2.45, 2.75) is 12.8 Å². The van der Waals surface area contributed by atoms with E-state index >= 15 is 0 Å². The van der Waals surface area contributed by atoms with E-state index in [2.05, 4.69) is 30.9 Å². The third-order valence-electron chi connectivity index (χ3n) is 3.41. The fraction of sp³-hybridized carbons (Fsp3) is 0.500. The minimum Gasteiger partial charge on any atom is -0.355 e. The van der Waals surface area contributed by atoms with Gasteiger partial charge in [-0.15, -0.1) is 0 Å². The van der Waals surface area contributed by atoms with Crippen LogP contribution in [0.15, 0.2) is 24.7 Å². The highest BCUT2D eigenvalue weighted by atomic mass is 79.9. The van der Waals surface area contributed by atoms with Gasteiger partial charge in [-0.05, 0) is 24.8 Å². The molecule has 0 aliphatic carbocycles. The van der Waals surface area contributed by atoms with Crippen LogP contribution in [0.3, 0.4) is 0 Å². The average molecular weight is 295 g/mol. The van der Waals surface area contributed by atoms with Crippen LogP contribution < -0.4 is 4.90 Å². The maximum Gasteiger partial charge on any atom is 0.154 e. The highest BCUT2D eigenvalue weighted by Gasteiger charge is 2.24. The first-order valence-electron chi connectivity index (χ1n) is 5.98. The number of alkyl halides is 1. The smallest absolute Gasteiger partial charge is 0.154 e. The van der Waals surface area contributed by atoms with Crippen molar-refractivity contribution in [1.82, 2.24) is 14.6 Å². The van der Waals surface area contributed by atoms with Gasteiger partial charge >= 0.3 is 0 Å². The van der Waals surface area contributed by atoms with Gasteiger partial charge in [0.1, 0.15) is 5.52 Å². The van der Waals surface area contributed by atoms with E-state index in [4.69, 9.17) is 0 Å². The van der Waals surface area contributed by atoms with Crippen molar-refractivity contribution in [2.75, 3.05) is 23.3 Å². The van der Waals surface area contributed by atoms with Gasteiger partial charge in [0.15, 0.2) is 5.82 Å². The van der Waals surface area contributed by atoms with Crippen molar-refractivity contribution < 1.29 is 0 Å². The molecule has 0 aromatic carbocycles. The first kappa shape index (κ1) is 11.0. The largest absolute Gasteiger partial charge is 0.355 e. The van der Waals surface area contributed by atoms with Gasteiger partial charge in [0, 0.05) is 30.8 Å². The summed E-state index contributed by atoms with van der Waals surface area (Å²) in [6, 6.07) is 2.03. The number of rotatable bonds is 3. The Morgan fingerprint density at radius 1 is 1.41 bits per heavy atom. The van der Waals surface area contributed by atoms with Crippen molar-refractivity contribution in [3.05, 3.63) is 24.7 Å². The fourth-order valence-electron chi connectivity index (χ4n) is 2.50. The van der Waals surface area contributed by atoms with Gasteiger partial charge in [0.25, 0.3) is 0 Å².